The first kappa shape index (κ1) is 10.4. The third-order valence-corrected chi connectivity index (χ3v) is 3.50. The molecule has 4 heteroatoms. The van der Waals surface area contributed by atoms with E-state index in [4.69, 9.17) is 5.26 Å². The third-order valence-electron chi connectivity index (χ3n) is 3.50. The highest BCUT2D eigenvalue weighted by Crippen LogP contribution is 2.40. The van der Waals surface area contributed by atoms with Crippen LogP contribution in [-0.4, -0.2) is 16.7 Å². The molecule has 84 valence electrons. The van der Waals surface area contributed by atoms with Gasteiger partial charge in [0, 0.05) is 11.9 Å². The van der Waals surface area contributed by atoms with Gasteiger partial charge < -0.3 is 4.40 Å². The van der Waals surface area contributed by atoms with Crippen LogP contribution >= 0.6 is 0 Å². The van der Waals surface area contributed by atoms with Crippen LogP contribution < -0.4 is 0 Å². The van der Waals surface area contributed by atoms with E-state index in [9.17, 15) is 0 Å². The summed E-state index contributed by atoms with van der Waals surface area (Å²) in [6.45, 7) is 2.09. The standard InChI is InChI=1S/C13H14BN3/c1-9-12(6-14-8-15)16-13-5-4-11(7-17(9)13)10-2-3-10/h4-5,7,10,14H,2-3,6H2,1H3. The maximum absolute atomic E-state index is 8.63. The van der Waals surface area contributed by atoms with E-state index in [1.807, 2.05) is 0 Å². The Bertz CT molecular complexity index is 605. The van der Waals surface area contributed by atoms with Gasteiger partial charge in [0.25, 0.3) is 7.28 Å². The van der Waals surface area contributed by atoms with Crippen LogP contribution in [0.1, 0.15) is 35.7 Å². The predicted molar refractivity (Wildman–Crippen MR) is 68.4 cm³/mol. The quantitative estimate of drug-likeness (QED) is 0.746. The molecule has 0 aromatic carbocycles. The van der Waals surface area contributed by atoms with Crippen molar-refractivity contribution < 1.29 is 0 Å². The Kier molecular flexibility index (Phi) is 2.40. The molecule has 2 aromatic rings. The van der Waals surface area contributed by atoms with E-state index < -0.39 is 0 Å². The SMILES string of the molecule is Cc1c(CBC#N)nc2ccc(C3CC3)cn12. The fourth-order valence-electron chi connectivity index (χ4n) is 2.30. The largest absolute Gasteiger partial charge is 0.304 e. The van der Waals surface area contributed by atoms with Crippen molar-refractivity contribution in [1.29, 1.82) is 5.26 Å². The first-order chi connectivity index (χ1) is 8.29. The van der Waals surface area contributed by atoms with Gasteiger partial charge in [-0.3, -0.25) is 0 Å². The maximum Gasteiger partial charge on any atom is 0.256 e. The Morgan fingerprint density at radius 1 is 1.53 bits per heavy atom. The lowest BCUT2D eigenvalue weighted by molar-refractivity contribution is 1.03. The van der Waals surface area contributed by atoms with Crippen LogP contribution in [0.25, 0.3) is 5.65 Å². The van der Waals surface area contributed by atoms with E-state index in [2.05, 4.69) is 40.6 Å². The lowest BCUT2D eigenvalue weighted by atomic mass is 9.75. The average Bonchev–Trinajstić information content (AvgIpc) is 3.14. The monoisotopic (exact) mass is 223 g/mol. The molecule has 3 rings (SSSR count). The molecule has 0 atom stereocenters. The number of imidazole rings is 1. The number of pyridine rings is 1. The zero-order valence-electron chi connectivity index (χ0n) is 9.98. The van der Waals surface area contributed by atoms with Gasteiger partial charge in [-0.05, 0) is 49.6 Å². The number of nitrogens with zero attached hydrogens (tertiary/aromatic N) is 3. The molecule has 0 unspecified atom stereocenters. The van der Waals surface area contributed by atoms with Gasteiger partial charge in [0.15, 0.2) is 0 Å². The van der Waals surface area contributed by atoms with Crippen molar-refractivity contribution in [3.63, 3.8) is 0 Å². The van der Waals surface area contributed by atoms with E-state index in [0.717, 1.165) is 23.6 Å². The highest BCUT2D eigenvalue weighted by molar-refractivity contribution is 6.44. The summed E-state index contributed by atoms with van der Waals surface area (Å²) in [5.41, 5.74) is 4.65. The first-order valence-electron chi connectivity index (χ1n) is 6.14. The summed E-state index contributed by atoms with van der Waals surface area (Å²) in [6.07, 6.45) is 5.61. The molecule has 3 nitrogen and oxygen atoms in total. The van der Waals surface area contributed by atoms with Gasteiger partial charge in [-0.2, -0.15) is 0 Å². The Morgan fingerprint density at radius 3 is 3.06 bits per heavy atom. The second kappa shape index (κ2) is 3.92. The Labute approximate surface area is 101 Å². The molecule has 0 aliphatic heterocycles. The van der Waals surface area contributed by atoms with Crippen LogP contribution in [0.5, 0.6) is 0 Å². The third kappa shape index (κ3) is 1.82. The summed E-state index contributed by atoms with van der Waals surface area (Å²) < 4.78 is 2.17. The molecule has 2 heterocycles. The summed E-state index contributed by atoms with van der Waals surface area (Å²) in [5.74, 6) is 2.95. The zero-order chi connectivity index (χ0) is 11.8. The van der Waals surface area contributed by atoms with Crippen LogP contribution in [0.3, 0.4) is 0 Å². The molecule has 2 aromatic heterocycles. The molecular weight excluding hydrogens is 209 g/mol. The summed E-state index contributed by atoms with van der Waals surface area (Å²) in [5, 5.41) is 8.63. The van der Waals surface area contributed by atoms with Gasteiger partial charge in [0.1, 0.15) is 5.65 Å². The van der Waals surface area contributed by atoms with Crippen LogP contribution in [0, 0.1) is 18.2 Å². The molecule has 1 aliphatic carbocycles. The maximum atomic E-state index is 8.63. The molecule has 0 spiro atoms. The van der Waals surface area contributed by atoms with Gasteiger partial charge in [-0.1, -0.05) is 6.07 Å². The lowest BCUT2D eigenvalue weighted by Crippen LogP contribution is -1.97. The number of fused-ring (bicyclic) bond motifs is 1. The Balaban J connectivity index is 2.03. The first-order valence-corrected chi connectivity index (χ1v) is 6.14. The van der Waals surface area contributed by atoms with E-state index in [1.54, 1.807) is 0 Å². The highest BCUT2D eigenvalue weighted by Gasteiger charge is 2.24. The van der Waals surface area contributed by atoms with Crippen LogP contribution in [0.15, 0.2) is 18.3 Å². The molecule has 1 fully saturated rings. The number of aromatic nitrogens is 2. The summed E-state index contributed by atoms with van der Waals surface area (Å²) in [7, 11) is 0.542. The molecule has 0 bridgehead atoms. The van der Waals surface area contributed by atoms with Crippen molar-refractivity contribution >= 4 is 12.9 Å². The van der Waals surface area contributed by atoms with Gasteiger partial charge >= 0.3 is 0 Å². The van der Waals surface area contributed by atoms with Crippen LogP contribution in [-0.2, 0) is 6.32 Å². The minimum absolute atomic E-state index is 0.542. The molecular formula is C13H14BN3. The molecule has 0 amide bonds. The second-order valence-electron chi connectivity index (χ2n) is 4.77. The zero-order valence-corrected chi connectivity index (χ0v) is 9.98. The molecule has 0 N–H and O–H groups in total. The van der Waals surface area contributed by atoms with Gasteiger partial charge in [0.05, 0.1) is 5.69 Å². The van der Waals surface area contributed by atoms with E-state index in [1.165, 1.54) is 24.1 Å². The van der Waals surface area contributed by atoms with Crippen molar-refractivity contribution in [2.24, 2.45) is 0 Å². The van der Waals surface area contributed by atoms with Crippen LogP contribution in [0.4, 0.5) is 0 Å². The number of nitriles is 1. The minimum atomic E-state index is 0.542. The summed E-state index contributed by atoms with van der Waals surface area (Å²) in [6, 6.07) is 4.28. The van der Waals surface area contributed by atoms with Crippen molar-refractivity contribution in [2.75, 3.05) is 0 Å². The molecule has 0 radical (unpaired) electrons. The Morgan fingerprint density at radius 2 is 2.35 bits per heavy atom. The summed E-state index contributed by atoms with van der Waals surface area (Å²) in [4.78, 5) is 4.58. The molecule has 1 saturated carbocycles. The van der Waals surface area contributed by atoms with E-state index in [-0.39, 0.29) is 0 Å². The van der Waals surface area contributed by atoms with E-state index >= 15 is 0 Å². The predicted octanol–water partition coefficient (Wildman–Crippen LogP) is 1.94. The molecule has 1 aliphatic rings. The Hall–Kier alpha value is -1.76. The summed E-state index contributed by atoms with van der Waals surface area (Å²) >= 11 is 0. The number of aryl methyl sites for hydroxylation is 1. The smallest absolute Gasteiger partial charge is 0.256 e. The van der Waals surface area contributed by atoms with Crippen molar-refractivity contribution in [2.45, 2.75) is 32.0 Å². The van der Waals surface area contributed by atoms with E-state index in [0.29, 0.717) is 7.28 Å². The molecule has 17 heavy (non-hydrogen) atoms. The lowest BCUT2D eigenvalue weighted by Gasteiger charge is -2.01. The number of rotatable bonds is 3. The van der Waals surface area contributed by atoms with Crippen molar-refractivity contribution in [3.8, 4) is 5.97 Å². The van der Waals surface area contributed by atoms with Gasteiger partial charge in [-0.25, -0.2) is 10.2 Å². The minimum Gasteiger partial charge on any atom is -0.304 e. The number of hydrogen-bond acceptors (Lipinski definition) is 2. The number of hydrogen-bond donors (Lipinski definition) is 0. The highest BCUT2D eigenvalue weighted by atomic mass is 15.0. The molecule has 0 saturated heterocycles. The average molecular weight is 223 g/mol. The van der Waals surface area contributed by atoms with Crippen LogP contribution in [0.2, 0.25) is 0 Å². The normalized spacial score (nSPS) is 14.8. The fourth-order valence-corrected chi connectivity index (χ4v) is 2.30. The topological polar surface area (TPSA) is 41.1 Å². The van der Waals surface area contributed by atoms with Crippen molar-refractivity contribution in [3.05, 3.63) is 35.3 Å². The second-order valence-corrected chi connectivity index (χ2v) is 4.77. The van der Waals surface area contributed by atoms with Crippen molar-refractivity contribution in [1.82, 2.24) is 9.38 Å². The fraction of sp³-hybridized carbons (Fsp3) is 0.385. The van der Waals surface area contributed by atoms with Gasteiger partial charge in [0.2, 0.25) is 0 Å². The van der Waals surface area contributed by atoms with Gasteiger partial charge in [-0.15, -0.1) is 0 Å².